The van der Waals surface area contributed by atoms with Crippen molar-refractivity contribution >= 4 is 11.8 Å². The van der Waals surface area contributed by atoms with E-state index >= 15 is 0 Å². The summed E-state index contributed by atoms with van der Waals surface area (Å²) in [7, 11) is 2.05. The van der Waals surface area contributed by atoms with Crippen molar-refractivity contribution in [1.29, 1.82) is 0 Å². The lowest BCUT2D eigenvalue weighted by Gasteiger charge is -2.16. The Bertz CT molecular complexity index is 306. The minimum atomic E-state index is 0.567. The summed E-state index contributed by atoms with van der Waals surface area (Å²) >= 11 is 1.92. The molecule has 1 rings (SSSR count). The first-order valence-electron chi connectivity index (χ1n) is 7.13. The zero-order valence-corrected chi connectivity index (χ0v) is 12.9. The van der Waals surface area contributed by atoms with Gasteiger partial charge in [0.25, 0.3) is 0 Å². The highest BCUT2D eigenvalue weighted by Crippen LogP contribution is 2.18. The van der Waals surface area contributed by atoms with Gasteiger partial charge in [-0.3, -0.25) is 0 Å². The highest BCUT2D eigenvalue weighted by molar-refractivity contribution is 7.99. The maximum absolute atomic E-state index is 3.47. The van der Waals surface area contributed by atoms with Gasteiger partial charge in [-0.05, 0) is 38.7 Å². The molecule has 3 nitrogen and oxygen atoms in total. The van der Waals surface area contributed by atoms with Crippen molar-refractivity contribution in [2.45, 2.75) is 24.3 Å². The fourth-order valence-corrected chi connectivity index (χ4v) is 2.86. The van der Waals surface area contributed by atoms with E-state index in [1.807, 2.05) is 11.8 Å². The first-order chi connectivity index (χ1) is 9.36. The van der Waals surface area contributed by atoms with Crippen LogP contribution >= 0.6 is 11.8 Å². The van der Waals surface area contributed by atoms with Crippen molar-refractivity contribution in [1.82, 2.24) is 16.0 Å². The molecule has 0 saturated heterocycles. The SMILES string of the molecule is CCNCCNCC[C@H](CSc1ccccc1)NC. The normalized spacial score (nSPS) is 12.5. The predicted molar refractivity (Wildman–Crippen MR) is 86.0 cm³/mol. The summed E-state index contributed by atoms with van der Waals surface area (Å²) in [5.41, 5.74) is 0. The molecule has 0 amide bonds. The molecule has 0 bridgehead atoms. The van der Waals surface area contributed by atoms with Crippen LogP contribution in [0, 0.1) is 0 Å². The number of thioether (sulfide) groups is 1. The number of rotatable bonds is 11. The second kappa shape index (κ2) is 11.3. The summed E-state index contributed by atoms with van der Waals surface area (Å²) in [5, 5.41) is 10.2. The van der Waals surface area contributed by atoms with Gasteiger partial charge in [0.2, 0.25) is 0 Å². The number of hydrogen-bond donors (Lipinski definition) is 3. The molecule has 19 heavy (non-hydrogen) atoms. The highest BCUT2D eigenvalue weighted by atomic mass is 32.2. The quantitative estimate of drug-likeness (QED) is 0.428. The van der Waals surface area contributed by atoms with Crippen molar-refractivity contribution in [3.05, 3.63) is 30.3 Å². The first-order valence-corrected chi connectivity index (χ1v) is 8.12. The summed E-state index contributed by atoms with van der Waals surface area (Å²) in [6, 6.07) is 11.2. The molecular formula is C15H27N3S. The lowest BCUT2D eigenvalue weighted by Crippen LogP contribution is -2.34. The van der Waals surface area contributed by atoms with E-state index in [4.69, 9.17) is 0 Å². The zero-order chi connectivity index (χ0) is 13.8. The molecule has 0 saturated carbocycles. The van der Waals surface area contributed by atoms with Crippen LogP contribution in [-0.2, 0) is 0 Å². The van der Waals surface area contributed by atoms with Crippen molar-refractivity contribution in [3.8, 4) is 0 Å². The van der Waals surface area contributed by atoms with Gasteiger partial charge in [-0.15, -0.1) is 11.8 Å². The van der Waals surface area contributed by atoms with E-state index in [0.717, 1.165) is 31.9 Å². The molecule has 0 aromatic heterocycles. The Hall–Kier alpha value is -0.550. The van der Waals surface area contributed by atoms with Gasteiger partial charge in [0, 0.05) is 29.8 Å². The van der Waals surface area contributed by atoms with Gasteiger partial charge in [-0.2, -0.15) is 0 Å². The summed E-state index contributed by atoms with van der Waals surface area (Å²) in [6.07, 6.45) is 1.17. The highest BCUT2D eigenvalue weighted by Gasteiger charge is 2.06. The Morgan fingerprint density at radius 1 is 1.05 bits per heavy atom. The third-order valence-corrected chi connectivity index (χ3v) is 4.18. The van der Waals surface area contributed by atoms with Crippen molar-refractivity contribution in [2.24, 2.45) is 0 Å². The third-order valence-electron chi connectivity index (χ3n) is 3.00. The van der Waals surface area contributed by atoms with E-state index in [0.29, 0.717) is 6.04 Å². The molecule has 1 aromatic rings. The lowest BCUT2D eigenvalue weighted by molar-refractivity contribution is 0.528. The lowest BCUT2D eigenvalue weighted by atomic mass is 10.2. The molecule has 0 fully saturated rings. The monoisotopic (exact) mass is 281 g/mol. The Morgan fingerprint density at radius 2 is 1.79 bits per heavy atom. The molecule has 1 atom stereocenters. The molecule has 1 aromatic carbocycles. The smallest absolute Gasteiger partial charge is 0.0170 e. The summed E-state index contributed by atoms with van der Waals surface area (Å²) < 4.78 is 0. The fourth-order valence-electron chi connectivity index (χ4n) is 1.78. The molecule has 0 radical (unpaired) electrons. The van der Waals surface area contributed by atoms with Crippen LogP contribution in [0.25, 0.3) is 0 Å². The van der Waals surface area contributed by atoms with Crippen molar-refractivity contribution in [3.63, 3.8) is 0 Å². The maximum atomic E-state index is 3.47. The maximum Gasteiger partial charge on any atom is 0.0170 e. The van der Waals surface area contributed by atoms with Gasteiger partial charge in [0.05, 0.1) is 0 Å². The molecular weight excluding hydrogens is 254 g/mol. The Morgan fingerprint density at radius 3 is 2.47 bits per heavy atom. The van der Waals surface area contributed by atoms with Crippen LogP contribution in [0.4, 0.5) is 0 Å². The Balaban J connectivity index is 2.09. The van der Waals surface area contributed by atoms with Gasteiger partial charge >= 0.3 is 0 Å². The zero-order valence-electron chi connectivity index (χ0n) is 12.1. The van der Waals surface area contributed by atoms with Crippen LogP contribution < -0.4 is 16.0 Å². The average molecular weight is 281 g/mol. The molecule has 0 spiro atoms. The van der Waals surface area contributed by atoms with E-state index in [9.17, 15) is 0 Å². The number of hydrogen-bond acceptors (Lipinski definition) is 4. The summed E-state index contributed by atoms with van der Waals surface area (Å²) in [4.78, 5) is 1.35. The molecule has 0 aliphatic rings. The second-order valence-electron chi connectivity index (χ2n) is 4.50. The molecule has 3 N–H and O–H groups in total. The molecule has 0 unspecified atom stereocenters. The van der Waals surface area contributed by atoms with E-state index in [2.05, 4.69) is 60.3 Å². The number of likely N-dealkylation sites (N-methyl/N-ethyl adjacent to an activating group) is 1. The fraction of sp³-hybridized carbons (Fsp3) is 0.600. The van der Waals surface area contributed by atoms with Crippen LogP contribution in [0.15, 0.2) is 35.2 Å². The molecule has 0 aliphatic heterocycles. The van der Waals surface area contributed by atoms with E-state index in [1.54, 1.807) is 0 Å². The molecule has 4 heteroatoms. The van der Waals surface area contributed by atoms with E-state index < -0.39 is 0 Å². The molecule has 108 valence electrons. The Kier molecular flexibility index (Phi) is 9.81. The van der Waals surface area contributed by atoms with Crippen LogP contribution in [0.2, 0.25) is 0 Å². The van der Waals surface area contributed by atoms with Gasteiger partial charge in [-0.25, -0.2) is 0 Å². The summed E-state index contributed by atoms with van der Waals surface area (Å²) in [5.74, 6) is 1.12. The van der Waals surface area contributed by atoms with Gasteiger partial charge in [0.1, 0.15) is 0 Å². The van der Waals surface area contributed by atoms with Crippen LogP contribution in [0.5, 0.6) is 0 Å². The number of benzene rings is 1. The summed E-state index contributed by atoms with van der Waals surface area (Å²) in [6.45, 7) is 6.37. The van der Waals surface area contributed by atoms with Crippen LogP contribution in [-0.4, -0.2) is 45.0 Å². The molecule has 0 heterocycles. The standard InChI is InChI=1S/C15H27N3S/c1-3-17-11-12-18-10-9-14(16-2)13-19-15-7-5-4-6-8-15/h4-8,14,16-18H,3,9-13H2,1-2H3/t14-/m1/s1. The van der Waals surface area contributed by atoms with Gasteiger partial charge in [0.15, 0.2) is 0 Å². The average Bonchev–Trinajstić information content (AvgIpc) is 2.47. The first kappa shape index (κ1) is 16.5. The third kappa shape index (κ3) is 8.26. The predicted octanol–water partition coefficient (Wildman–Crippen LogP) is 1.96. The minimum Gasteiger partial charge on any atom is -0.316 e. The van der Waals surface area contributed by atoms with E-state index in [1.165, 1.54) is 11.3 Å². The van der Waals surface area contributed by atoms with E-state index in [-0.39, 0.29) is 0 Å². The molecule has 0 aliphatic carbocycles. The van der Waals surface area contributed by atoms with Gasteiger partial charge in [-0.1, -0.05) is 25.1 Å². The van der Waals surface area contributed by atoms with Crippen molar-refractivity contribution in [2.75, 3.05) is 39.0 Å². The van der Waals surface area contributed by atoms with Crippen LogP contribution in [0.1, 0.15) is 13.3 Å². The largest absolute Gasteiger partial charge is 0.316 e. The minimum absolute atomic E-state index is 0.567. The topological polar surface area (TPSA) is 36.1 Å². The Labute approximate surface area is 121 Å². The van der Waals surface area contributed by atoms with Crippen LogP contribution in [0.3, 0.4) is 0 Å². The van der Waals surface area contributed by atoms with Crippen molar-refractivity contribution < 1.29 is 0 Å². The van der Waals surface area contributed by atoms with Gasteiger partial charge < -0.3 is 16.0 Å². The number of nitrogens with one attached hydrogen (secondary N) is 3. The second-order valence-corrected chi connectivity index (χ2v) is 5.60.